The van der Waals surface area contributed by atoms with E-state index in [4.69, 9.17) is 10.8 Å². The fraction of sp³-hybridized carbons (Fsp3) is 0.346. The summed E-state index contributed by atoms with van der Waals surface area (Å²) >= 11 is 0. The van der Waals surface area contributed by atoms with E-state index in [1.807, 2.05) is 0 Å². The summed E-state index contributed by atoms with van der Waals surface area (Å²) in [4.78, 5) is 61.3. The van der Waals surface area contributed by atoms with Gasteiger partial charge in [-0.05, 0) is 30.2 Å². The summed E-state index contributed by atoms with van der Waals surface area (Å²) in [5.74, 6) is -5.53. The number of benzene rings is 2. The molecule has 0 saturated carbocycles. The summed E-state index contributed by atoms with van der Waals surface area (Å²) in [5, 5.41) is 45.2. The Labute approximate surface area is 224 Å². The second-order valence-corrected chi connectivity index (χ2v) is 8.95. The number of hydrogen-bond donors (Lipinski definition) is 8. The molecule has 5 atom stereocenters. The fourth-order valence-electron chi connectivity index (χ4n) is 3.61. The predicted molar refractivity (Wildman–Crippen MR) is 137 cm³/mol. The number of phenols is 1. The van der Waals surface area contributed by atoms with Crippen molar-refractivity contribution in [2.24, 2.45) is 5.73 Å². The molecule has 2 aromatic rings. The number of carbonyl (C=O) groups excluding carboxylic acids is 3. The lowest BCUT2D eigenvalue weighted by atomic mass is 10.0. The van der Waals surface area contributed by atoms with E-state index >= 15 is 0 Å². The second-order valence-electron chi connectivity index (χ2n) is 8.95. The number of aliphatic carboxylic acids is 2. The van der Waals surface area contributed by atoms with Crippen LogP contribution in [0, 0.1) is 0 Å². The summed E-state index contributed by atoms with van der Waals surface area (Å²) in [6, 6.07) is 8.42. The maximum absolute atomic E-state index is 13.2. The van der Waals surface area contributed by atoms with Crippen LogP contribution in [0.15, 0.2) is 54.6 Å². The third-order valence-corrected chi connectivity index (χ3v) is 5.70. The van der Waals surface area contributed by atoms with Gasteiger partial charge in [-0.3, -0.25) is 19.2 Å². The van der Waals surface area contributed by atoms with Crippen LogP contribution in [0.5, 0.6) is 5.75 Å². The number of carboxylic acids is 2. The predicted octanol–water partition coefficient (Wildman–Crippen LogP) is -1.10. The molecule has 0 aliphatic carbocycles. The molecule has 0 aliphatic rings. The van der Waals surface area contributed by atoms with Gasteiger partial charge in [-0.2, -0.15) is 0 Å². The van der Waals surface area contributed by atoms with Crippen LogP contribution in [0.2, 0.25) is 0 Å². The monoisotopic (exact) mass is 544 g/mol. The highest BCUT2D eigenvalue weighted by atomic mass is 16.4. The quantitative estimate of drug-likeness (QED) is 0.143. The smallest absolute Gasteiger partial charge is 0.326 e. The highest BCUT2D eigenvalue weighted by Gasteiger charge is 2.33. The Kier molecular flexibility index (Phi) is 11.4. The van der Waals surface area contributed by atoms with Crippen molar-refractivity contribution in [3.63, 3.8) is 0 Å². The average Bonchev–Trinajstić information content (AvgIpc) is 2.87. The van der Waals surface area contributed by atoms with Gasteiger partial charge in [0.25, 0.3) is 0 Å². The van der Waals surface area contributed by atoms with Gasteiger partial charge >= 0.3 is 11.9 Å². The average molecular weight is 545 g/mol. The van der Waals surface area contributed by atoms with Gasteiger partial charge in [-0.1, -0.05) is 42.5 Å². The van der Waals surface area contributed by atoms with Crippen LogP contribution in [0.3, 0.4) is 0 Å². The molecule has 0 saturated heterocycles. The van der Waals surface area contributed by atoms with Crippen molar-refractivity contribution < 1.29 is 44.4 Å². The van der Waals surface area contributed by atoms with Crippen molar-refractivity contribution in [2.75, 3.05) is 0 Å². The summed E-state index contributed by atoms with van der Waals surface area (Å²) in [6.07, 6.45) is -2.35. The fourth-order valence-corrected chi connectivity index (χ4v) is 3.61. The van der Waals surface area contributed by atoms with Crippen molar-refractivity contribution in [2.45, 2.75) is 56.5 Å². The van der Waals surface area contributed by atoms with Gasteiger partial charge in [-0.15, -0.1) is 0 Å². The molecule has 0 bridgehead atoms. The Morgan fingerprint density at radius 3 is 1.85 bits per heavy atom. The molecular weight excluding hydrogens is 512 g/mol. The molecule has 0 aliphatic heterocycles. The van der Waals surface area contributed by atoms with Gasteiger partial charge in [0.15, 0.2) is 0 Å². The number of carbonyl (C=O) groups is 5. The van der Waals surface area contributed by atoms with E-state index in [0.29, 0.717) is 11.1 Å². The second kappa shape index (κ2) is 14.4. The molecule has 210 valence electrons. The van der Waals surface area contributed by atoms with Crippen molar-refractivity contribution >= 4 is 29.7 Å². The van der Waals surface area contributed by atoms with E-state index < -0.39 is 66.4 Å². The number of aliphatic hydroxyl groups excluding tert-OH is 1. The number of amides is 3. The van der Waals surface area contributed by atoms with E-state index in [-0.39, 0.29) is 18.6 Å². The van der Waals surface area contributed by atoms with Crippen LogP contribution in [0.25, 0.3) is 0 Å². The molecule has 0 radical (unpaired) electrons. The molecule has 0 heterocycles. The molecule has 9 N–H and O–H groups in total. The third-order valence-electron chi connectivity index (χ3n) is 5.70. The molecule has 0 aromatic heterocycles. The summed E-state index contributed by atoms with van der Waals surface area (Å²) in [6.45, 7) is 1.22. The topological polar surface area (TPSA) is 228 Å². The lowest BCUT2D eigenvalue weighted by Gasteiger charge is -2.26. The molecule has 39 heavy (non-hydrogen) atoms. The molecule has 3 amide bonds. The number of phenolic OH excluding ortho intramolecular Hbond substituents is 1. The molecule has 2 aromatic carbocycles. The zero-order valence-electron chi connectivity index (χ0n) is 21.1. The normalized spacial score (nSPS) is 14.6. The maximum atomic E-state index is 13.2. The van der Waals surface area contributed by atoms with Gasteiger partial charge in [0.2, 0.25) is 17.7 Å². The first-order valence-electron chi connectivity index (χ1n) is 12.0. The van der Waals surface area contributed by atoms with Crippen molar-refractivity contribution in [3.05, 3.63) is 65.7 Å². The van der Waals surface area contributed by atoms with Gasteiger partial charge in [0.1, 0.15) is 23.9 Å². The van der Waals surface area contributed by atoms with Gasteiger partial charge in [0, 0.05) is 12.8 Å². The van der Waals surface area contributed by atoms with E-state index in [0.717, 1.165) is 0 Å². The van der Waals surface area contributed by atoms with Crippen LogP contribution >= 0.6 is 0 Å². The number of aromatic hydroxyl groups is 1. The summed E-state index contributed by atoms with van der Waals surface area (Å²) < 4.78 is 0. The molecule has 2 rings (SSSR count). The molecule has 0 fully saturated rings. The standard InChI is InChI=1S/C26H32N4O9/c1-14(31)22(25(37)29-20(26(38)39)12-15-5-3-2-4-6-15)30-24(36)19(11-16-7-9-17(32)10-8-16)28-23(35)18(27)13-21(33)34/h2-10,14,18-20,22,31-32H,11-13,27H2,1H3,(H,28,35)(H,29,37)(H,30,36)(H,33,34)(H,38,39). The molecule has 13 heteroatoms. The Morgan fingerprint density at radius 1 is 0.769 bits per heavy atom. The minimum absolute atomic E-state index is 0.0402. The Bertz CT molecular complexity index is 1160. The van der Waals surface area contributed by atoms with E-state index in [1.165, 1.54) is 31.2 Å². The van der Waals surface area contributed by atoms with Gasteiger partial charge in [-0.25, -0.2) is 4.79 Å². The first kappa shape index (κ1) is 30.7. The van der Waals surface area contributed by atoms with Crippen molar-refractivity contribution in [3.8, 4) is 5.75 Å². The first-order valence-corrected chi connectivity index (χ1v) is 12.0. The van der Waals surface area contributed by atoms with Gasteiger partial charge in [0.05, 0.1) is 18.6 Å². The zero-order valence-corrected chi connectivity index (χ0v) is 21.1. The van der Waals surface area contributed by atoms with Gasteiger partial charge < -0.3 is 42.1 Å². The largest absolute Gasteiger partial charge is 0.508 e. The Balaban J connectivity index is 2.21. The molecule has 13 nitrogen and oxygen atoms in total. The lowest BCUT2D eigenvalue weighted by Crippen LogP contribution is -2.60. The minimum atomic E-state index is -1.60. The molecule has 0 spiro atoms. The van der Waals surface area contributed by atoms with E-state index in [1.54, 1.807) is 30.3 Å². The van der Waals surface area contributed by atoms with Crippen LogP contribution in [-0.2, 0) is 36.8 Å². The molecular formula is C26H32N4O9. The maximum Gasteiger partial charge on any atom is 0.326 e. The van der Waals surface area contributed by atoms with Crippen molar-refractivity contribution in [1.82, 2.24) is 16.0 Å². The summed E-state index contributed by atoms with van der Waals surface area (Å²) in [7, 11) is 0. The van der Waals surface area contributed by atoms with E-state index in [9.17, 15) is 39.3 Å². The van der Waals surface area contributed by atoms with Crippen LogP contribution in [0.1, 0.15) is 24.5 Å². The van der Waals surface area contributed by atoms with Crippen LogP contribution < -0.4 is 21.7 Å². The third kappa shape index (κ3) is 10.1. The number of hydrogen-bond acceptors (Lipinski definition) is 8. The number of carboxylic acid groups (broad SMARTS) is 2. The summed E-state index contributed by atoms with van der Waals surface area (Å²) in [5.41, 5.74) is 6.74. The Morgan fingerprint density at radius 2 is 1.31 bits per heavy atom. The SMILES string of the molecule is CC(O)C(NC(=O)C(Cc1ccc(O)cc1)NC(=O)C(N)CC(=O)O)C(=O)NC(Cc1ccccc1)C(=O)O. The number of rotatable bonds is 14. The number of aliphatic hydroxyl groups is 1. The highest BCUT2D eigenvalue weighted by molar-refractivity contribution is 5.95. The van der Waals surface area contributed by atoms with Crippen LogP contribution in [0.4, 0.5) is 0 Å². The molecule has 5 unspecified atom stereocenters. The number of nitrogens with two attached hydrogens (primary N) is 1. The number of nitrogens with one attached hydrogen (secondary N) is 3. The first-order chi connectivity index (χ1) is 18.4. The zero-order chi connectivity index (χ0) is 29.1. The Hall–Kier alpha value is -4.49. The van der Waals surface area contributed by atoms with E-state index in [2.05, 4.69) is 16.0 Å². The highest BCUT2D eigenvalue weighted by Crippen LogP contribution is 2.12. The minimum Gasteiger partial charge on any atom is -0.508 e. The van der Waals surface area contributed by atoms with Crippen molar-refractivity contribution in [1.29, 1.82) is 0 Å². The lowest BCUT2D eigenvalue weighted by molar-refractivity contribution is -0.143. The van der Waals surface area contributed by atoms with Crippen LogP contribution in [-0.4, -0.2) is 80.4 Å².